The first-order valence-corrected chi connectivity index (χ1v) is 7.80. The van der Waals surface area contributed by atoms with Gasteiger partial charge in [-0.05, 0) is 26.7 Å². The lowest BCUT2D eigenvalue weighted by atomic mass is 10.1. The first-order valence-electron chi connectivity index (χ1n) is 7.80. The Morgan fingerprint density at radius 2 is 2.17 bits per heavy atom. The summed E-state index contributed by atoms with van der Waals surface area (Å²) in [7, 11) is 1.71. The fraction of sp³-hybridized carbons (Fsp3) is 0.714. The first kappa shape index (κ1) is 20.5. The summed E-state index contributed by atoms with van der Waals surface area (Å²) in [5, 5.41) is 10.2. The predicted octanol–water partition coefficient (Wildman–Crippen LogP) is 1.28. The Morgan fingerprint density at radius 1 is 1.46 bits per heavy atom. The maximum atomic E-state index is 11.7. The number of halogens is 1. The van der Waals surface area contributed by atoms with E-state index in [0.29, 0.717) is 43.9 Å². The van der Waals surface area contributed by atoms with E-state index < -0.39 is 0 Å². The van der Waals surface area contributed by atoms with Gasteiger partial charge in [0.05, 0.1) is 13.2 Å². The standard InChI is InChI=1S/C14H24N6O3.HI/c1-4-22-14(21)20-7-5-11(6-8-20)18-13(15-3)16-9-12-17-10(2)19-23-12;/h11H,4-9H2,1-3H3,(H2,15,16,18);1H. The molecule has 1 fully saturated rings. The second kappa shape index (κ2) is 10.3. The summed E-state index contributed by atoms with van der Waals surface area (Å²) in [5.74, 6) is 1.80. The van der Waals surface area contributed by atoms with Crippen LogP contribution in [0.5, 0.6) is 0 Å². The van der Waals surface area contributed by atoms with Gasteiger partial charge in [0.15, 0.2) is 11.8 Å². The smallest absolute Gasteiger partial charge is 0.409 e. The Hall–Kier alpha value is -1.59. The molecule has 0 saturated carbocycles. The topological polar surface area (TPSA) is 105 Å². The van der Waals surface area contributed by atoms with Gasteiger partial charge in [-0.3, -0.25) is 4.99 Å². The zero-order chi connectivity index (χ0) is 16.7. The SMILES string of the molecule is CCOC(=O)N1CCC(NC(=NC)NCc2nc(C)no2)CC1.I. The van der Waals surface area contributed by atoms with Crippen LogP contribution in [0, 0.1) is 6.92 Å². The zero-order valence-corrected chi connectivity index (χ0v) is 16.6. The molecule has 1 aromatic heterocycles. The number of piperidine rings is 1. The molecule has 2 heterocycles. The molecule has 1 amide bonds. The van der Waals surface area contributed by atoms with E-state index in [4.69, 9.17) is 9.26 Å². The Bertz CT molecular complexity index is 542. The van der Waals surface area contributed by atoms with Gasteiger partial charge in [-0.25, -0.2) is 4.79 Å². The fourth-order valence-corrected chi connectivity index (χ4v) is 2.38. The minimum absolute atomic E-state index is 0. The molecule has 0 atom stereocenters. The van der Waals surface area contributed by atoms with Crippen molar-refractivity contribution < 1.29 is 14.1 Å². The highest BCUT2D eigenvalue weighted by Crippen LogP contribution is 2.11. The van der Waals surface area contributed by atoms with Gasteiger partial charge in [-0.15, -0.1) is 24.0 Å². The van der Waals surface area contributed by atoms with Crippen LogP contribution in [0.3, 0.4) is 0 Å². The number of carbonyl (C=O) groups is 1. The molecule has 0 unspecified atom stereocenters. The molecule has 0 spiro atoms. The second-order valence-electron chi connectivity index (χ2n) is 5.27. The largest absolute Gasteiger partial charge is 0.450 e. The molecule has 1 aromatic rings. The summed E-state index contributed by atoms with van der Waals surface area (Å²) in [6.07, 6.45) is 1.46. The number of amides is 1. The van der Waals surface area contributed by atoms with Crippen LogP contribution in [0.2, 0.25) is 0 Å². The summed E-state index contributed by atoms with van der Waals surface area (Å²) in [4.78, 5) is 21.7. The lowest BCUT2D eigenvalue weighted by Gasteiger charge is -2.32. The molecular formula is C14H25IN6O3. The monoisotopic (exact) mass is 452 g/mol. The first-order chi connectivity index (χ1) is 11.1. The van der Waals surface area contributed by atoms with Gasteiger partial charge >= 0.3 is 6.09 Å². The van der Waals surface area contributed by atoms with Crippen molar-refractivity contribution >= 4 is 36.0 Å². The van der Waals surface area contributed by atoms with Crippen LogP contribution in [0.15, 0.2) is 9.52 Å². The average Bonchev–Trinajstić information content (AvgIpc) is 2.97. The number of aliphatic imine (C=N–C) groups is 1. The van der Waals surface area contributed by atoms with Crippen LogP contribution in [0.1, 0.15) is 31.5 Å². The number of likely N-dealkylation sites (tertiary alicyclic amines) is 1. The molecule has 136 valence electrons. The molecule has 1 saturated heterocycles. The Kier molecular flexibility index (Phi) is 8.79. The lowest BCUT2D eigenvalue weighted by Crippen LogP contribution is -2.49. The zero-order valence-electron chi connectivity index (χ0n) is 14.2. The van der Waals surface area contributed by atoms with Gasteiger partial charge in [0.1, 0.15) is 0 Å². The summed E-state index contributed by atoms with van der Waals surface area (Å²) in [6, 6.07) is 0.260. The van der Waals surface area contributed by atoms with E-state index in [-0.39, 0.29) is 36.1 Å². The minimum Gasteiger partial charge on any atom is -0.450 e. The van der Waals surface area contributed by atoms with Gasteiger partial charge in [0, 0.05) is 26.2 Å². The minimum atomic E-state index is -0.236. The molecule has 24 heavy (non-hydrogen) atoms. The highest BCUT2D eigenvalue weighted by Gasteiger charge is 2.24. The number of nitrogens with zero attached hydrogens (tertiary/aromatic N) is 4. The van der Waals surface area contributed by atoms with E-state index >= 15 is 0 Å². The number of hydrogen-bond donors (Lipinski definition) is 2. The molecular weight excluding hydrogens is 427 g/mol. The van der Waals surface area contributed by atoms with Gasteiger partial charge in [-0.2, -0.15) is 4.98 Å². The van der Waals surface area contributed by atoms with Crippen LogP contribution in [-0.4, -0.2) is 59.9 Å². The van der Waals surface area contributed by atoms with Gasteiger partial charge in [0.2, 0.25) is 5.89 Å². The van der Waals surface area contributed by atoms with E-state index in [1.807, 2.05) is 6.92 Å². The van der Waals surface area contributed by atoms with Crippen LogP contribution in [-0.2, 0) is 11.3 Å². The molecule has 1 aliphatic heterocycles. The number of hydrogen-bond acceptors (Lipinski definition) is 6. The van der Waals surface area contributed by atoms with Crippen molar-refractivity contribution in [2.45, 2.75) is 39.3 Å². The summed E-state index contributed by atoms with van der Waals surface area (Å²) in [5.41, 5.74) is 0. The maximum absolute atomic E-state index is 11.7. The third-order valence-corrected chi connectivity index (χ3v) is 3.56. The molecule has 9 nitrogen and oxygen atoms in total. The normalized spacial score (nSPS) is 15.6. The van der Waals surface area contributed by atoms with Crippen molar-refractivity contribution in [3.8, 4) is 0 Å². The molecule has 10 heteroatoms. The Balaban J connectivity index is 0.00000288. The van der Waals surface area contributed by atoms with Crippen molar-refractivity contribution in [1.29, 1.82) is 0 Å². The fourth-order valence-electron chi connectivity index (χ4n) is 2.38. The number of guanidine groups is 1. The molecule has 1 aliphatic rings. The van der Waals surface area contributed by atoms with E-state index in [2.05, 4.69) is 25.8 Å². The number of ether oxygens (including phenoxy) is 1. The van der Waals surface area contributed by atoms with E-state index in [9.17, 15) is 4.79 Å². The third-order valence-electron chi connectivity index (χ3n) is 3.56. The summed E-state index contributed by atoms with van der Waals surface area (Å²) >= 11 is 0. The van der Waals surface area contributed by atoms with Gasteiger partial charge < -0.3 is 24.8 Å². The highest BCUT2D eigenvalue weighted by atomic mass is 127. The van der Waals surface area contributed by atoms with Gasteiger partial charge in [-0.1, -0.05) is 5.16 Å². The number of rotatable bonds is 4. The van der Waals surface area contributed by atoms with E-state index in [1.165, 1.54) is 0 Å². The second-order valence-corrected chi connectivity index (χ2v) is 5.27. The molecule has 2 rings (SSSR count). The third kappa shape index (κ3) is 6.13. The number of carbonyl (C=O) groups excluding carboxylic acids is 1. The summed E-state index contributed by atoms with van der Waals surface area (Å²) < 4.78 is 10.1. The van der Waals surface area contributed by atoms with E-state index in [1.54, 1.807) is 18.9 Å². The van der Waals surface area contributed by atoms with Crippen molar-refractivity contribution in [3.05, 3.63) is 11.7 Å². The quantitative estimate of drug-likeness (QED) is 0.403. The average molecular weight is 452 g/mol. The molecule has 0 bridgehead atoms. The van der Waals surface area contributed by atoms with E-state index in [0.717, 1.165) is 12.8 Å². The molecule has 2 N–H and O–H groups in total. The van der Waals surface area contributed by atoms with Crippen molar-refractivity contribution in [2.24, 2.45) is 4.99 Å². The Morgan fingerprint density at radius 3 is 2.71 bits per heavy atom. The number of aryl methyl sites for hydroxylation is 1. The molecule has 0 aromatic carbocycles. The van der Waals surface area contributed by atoms with Crippen LogP contribution < -0.4 is 10.6 Å². The van der Waals surface area contributed by atoms with Crippen LogP contribution in [0.25, 0.3) is 0 Å². The van der Waals surface area contributed by atoms with Crippen LogP contribution in [0.4, 0.5) is 4.79 Å². The Labute approximate surface area is 158 Å². The van der Waals surface area contributed by atoms with Crippen molar-refractivity contribution in [2.75, 3.05) is 26.7 Å². The summed E-state index contributed by atoms with van der Waals surface area (Å²) in [6.45, 7) is 5.77. The lowest BCUT2D eigenvalue weighted by molar-refractivity contribution is 0.0963. The van der Waals surface area contributed by atoms with Crippen molar-refractivity contribution in [1.82, 2.24) is 25.7 Å². The van der Waals surface area contributed by atoms with Crippen molar-refractivity contribution in [3.63, 3.8) is 0 Å². The predicted molar refractivity (Wildman–Crippen MR) is 99.4 cm³/mol. The number of aromatic nitrogens is 2. The molecule has 0 radical (unpaired) electrons. The highest BCUT2D eigenvalue weighted by molar-refractivity contribution is 14.0. The number of nitrogens with one attached hydrogen (secondary N) is 2. The molecule has 0 aliphatic carbocycles. The van der Waals surface area contributed by atoms with Crippen LogP contribution >= 0.6 is 24.0 Å². The van der Waals surface area contributed by atoms with Gasteiger partial charge in [0.25, 0.3) is 0 Å². The maximum Gasteiger partial charge on any atom is 0.409 e.